The number of anilines is 1. The molecule has 21 heavy (non-hydrogen) atoms. The molecule has 0 radical (unpaired) electrons. The number of thiazole rings is 1. The maximum atomic E-state index is 12.3. The van der Waals surface area contributed by atoms with Gasteiger partial charge in [-0.3, -0.25) is 4.72 Å². The van der Waals surface area contributed by atoms with Crippen molar-refractivity contribution in [2.75, 3.05) is 4.72 Å². The van der Waals surface area contributed by atoms with Crippen molar-refractivity contribution >= 4 is 55.0 Å². The highest BCUT2D eigenvalue weighted by Crippen LogP contribution is 2.29. The van der Waals surface area contributed by atoms with E-state index < -0.39 is 10.0 Å². The lowest BCUT2D eigenvalue weighted by molar-refractivity contribution is 0.573. The molecule has 0 saturated heterocycles. The number of sulfonamides is 1. The van der Waals surface area contributed by atoms with E-state index in [-0.39, 0.29) is 14.6 Å². The molecule has 114 valence electrons. The molecule has 2 heterocycles. The van der Waals surface area contributed by atoms with Crippen LogP contribution in [0, 0.1) is 0 Å². The van der Waals surface area contributed by atoms with Crippen LogP contribution in [-0.4, -0.2) is 18.4 Å². The van der Waals surface area contributed by atoms with Gasteiger partial charge in [0.2, 0.25) is 0 Å². The molecule has 9 heteroatoms. The lowest BCUT2D eigenvalue weighted by atomic mass is 9.93. The van der Waals surface area contributed by atoms with Crippen LogP contribution in [-0.2, 0) is 15.4 Å². The van der Waals surface area contributed by atoms with E-state index in [1.165, 1.54) is 17.4 Å². The van der Waals surface area contributed by atoms with Gasteiger partial charge in [0.05, 0.1) is 10.6 Å². The first-order valence-electron chi connectivity index (χ1n) is 5.98. The molecule has 0 atom stereocenters. The van der Waals surface area contributed by atoms with Gasteiger partial charge in [-0.2, -0.15) is 0 Å². The number of rotatable bonds is 4. The van der Waals surface area contributed by atoms with Crippen LogP contribution < -0.4 is 10.5 Å². The molecular weight excluding hydrogens is 346 g/mol. The van der Waals surface area contributed by atoms with Crippen LogP contribution in [0.25, 0.3) is 0 Å². The number of nitrogens with zero attached hydrogens (tertiary/aromatic N) is 1. The molecule has 0 unspecified atom stereocenters. The molecule has 0 saturated carbocycles. The highest BCUT2D eigenvalue weighted by atomic mass is 32.2. The van der Waals surface area contributed by atoms with E-state index >= 15 is 0 Å². The van der Waals surface area contributed by atoms with E-state index in [1.807, 2.05) is 26.2 Å². The topological polar surface area (TPSA) is 85.1 Å². The lowest BCUT2D eigenvalue weighted by Crippen LogP contribution is -2.14. The van der Waals surface area contributed by atoms with E-state index in [4.69, 9.17) is 18.0 Å². The van der Waals surface area contributed by atoms with Gasteiger partial charge < -0.3 is 5.73 Å². The first-order valence-corrected chi connectivity index (χ1v) is 9.57. The monoisotopic (exact) mass is 361 g/mol. The van der Waals surface area contributed by atoms with Crippen molar-refractivity contribution in [3.63, 3.8) is 0 Å². The maximum absolute atomic E-state index is 12.3. The SMILES string of the molecule is CC(C)(C)c1csc(NS(=O)(=O)c2ccc(C(N)=S)s2)n1. The van der Waals surface area contributed by atoms with Crippen LogP contribution in [0.1, 0.15) is 31.3 Å². The summed E-state index contributed by atoms with van der Waals surface area (Å²) < 4.78 is 27.2. The number of thiocarbonyl (C=S) groups is 1. The van der Waals surface area contributed by atoms with Gasteiger partial charge in [-0.1, -0.05) is 33.0 Å². The van der Waals surface area contributed by atoms with Gasteiger partial charge in [-0.15, -0.1) is 22.7 Å². The molecule has 0 aromatic carbocycles. The van der Waals surface area contributed by atoms with Crippen LogP contribution >= 0.6 is 34.9 Å². The molecule has 2 rings (SSSR count). The minimum atomic E-state index is -3.66. The molecule has 0 spiro atoms. The Kier molecular flexibility index (Phi) is 4.39. The Morgan fingerprint density at radius 2 is 2.05 bits per heavy atom. The molecule has 0 aliphatic heterocycles. The van der Waals surface area contributed by atoms with Gasteiger partial charge in [0.15, 0.2) is 5.13 Å². The average molecular weight is 362 g/mol. The summed E-state index contributed by atoms with van der Waals surface area (Å²) in [6.07, 6.45) is 0. The fourth-order valence-electron chi connectivity index (χ4n) is 1.43. The quantitative estimate of drug-likeness (QED) is 0.818. The number of hydrogen-bond donors (Lipinski definition) is 2. The Hall–Kier alpha value is -1.03. The Labute approximate surface area is 137 Å². The standard InChI is InChI=1S/C12H15N3O2S4/c1-12(2,3)8-6-19-11(14-8)15-21(16,17)9-5-4-7(20-9)10(13)18/h4-6H,1-3H3,(H2,13,18)(H,14,15). The minimum Gasteiger partial charge on any atom is -0.389 e. The van der Waals surface area contributed by atoms with E-state index in [0.29, 0.717) is 10.0 Å². The van der Waals surface area contributed by atoms with Crippen molar-refractivity contribution < 1.29 is 8.42 Å². The fraction of sp³-hybridized carbons (Fsp3) is 0.333. The van der Waals surface area contributed by atoms with E-state index in [0.717, 1.165) is 17.0 Å². The first kappa shape index (κ1) is 16.3. The zero-order chi connectivity index (χ0) is 15.8. The maximum Gasteiger partial charge on any atom is 0.273 e. The lowest BCUT2D eigenvalue weighted by Gasteiger charge is -2.14. The molecule has 2 aromatic rings. The molecule has 0 bridgehead atoms. The second kappa shape index (κ2) is 5.64. The van der Waals surface area contributed by atoms with Gasteiger partial charge >= 0.3 is 0 Å². The molecule has 0 aliphatic rings. The summed E-state index contributed by atoms with van der Waals surface area (Å²) in [5.74, 6) is 0. The molecule has 0 fully saturated rings. The predicted molar refractivity (Wildman–Crippen MR) is 91.8 cm³/mol. The van der Waals surface area contributed by atoms with Crippen molar-refractivity contribution in [2.24, 2.45) is 5.73 Å². The number of nitrogens with one attached hydrogen (secondary N) is 1. The summed E-state index contributed by atoms with van der Waals surface area (Å²) >= 11 is 7.14. The van der Waals surface area contributed by atoms with Crippen LogP contribution in [0.5, 0.6) is 0 Å². The molecule has 3 N–H and O–H groups in total. The summed E-state index contributed by atoms with van der Waals surface area (Å²) in [6.45, 7) is 6.07. The van der Waals surface area contributed by atoms with Crippen molar-refractivity contribution in [3.8, 4) is 0 Å². The van der Waals surface area contributed by atoms with Gasteiger partial charge in [0, 0.05) is 10.8 Å². The second-order valence-corrected chi connectivity index (χ2v) is 9.67. The molecule has 0 aliphatic carbocycles. The largest absolute Gasteiger partial charge is 0.389 e. The smallest absolute Gasteiger partial charge is 0.273 e. The molecule has 2 aromatic heterocycles. The van der Waals surface area contributed by atoms with Crippen molar-refractivity contribution in [1.82, 2.24) is 4.98 Å². The average Bonchev–Trinajstić information content (AvgIpc) is 2.94. The number of nitrogens with two attached hydrogens (primary N) is 1. The summed E-state index contributed by atoms with van der Waals surface area (Å²) in [7, 11) is -3.66. The van der Waals surface area contributed by atoms with E-state index in [2.05, 4.69) is 9.71 Å². The minimum absolute atomic E-state index is 0.123. The number of aromatic nitrogens is 1. The summed E-state index contributed by atoms with van der Waals surface area (Å²) in [5.41, 5.74) is 6.21. The van der Waals surface area contributed by atoms with E-state index in [1.54, 1.807) is 6.07 Å². The van der Waals surface area contributed by atoms with Crippen LogP contribution in [0.3, 0.4) is 0 Å². The first-order chi connectivity index (χ1) is 9.59. The van der Waals surface area contributed by atoms with Gasteiger partial charge in [0.25, 0.3) is 10.0 Å². The Balaban J connectivity index is 2.24. The van der Waals surface area contributed by atoms with Crippen LogP contribution in [0.4, 0.5) is 5.13 Å². The summed E-state index contributed by atoms with van der Waals surface area (Å²) in [4.78, 5) is 5.07. The van der Waals surface area contributed by atoms with Gasteiger partial charge in [0.1, 0.15) is 9.20 Å². The predicted octanol–water partition coefficient (Wildman–Crippen LogP) is 2.94. The number of thiophene rings is 1. The molecule has 0 amide bonds. The Bertz CT molecular complexity index is 769. The van der Waals surface area contributed by atoms with Gasteiger partial charge in [-0.05, 0) is 12.1 Å². The fourth-order valence-corrected chi connectivity index (χ4v) is 4.97. The van der Waals surface area contributed by atoms with Crippen LogP contribution in [0.15, 0.2) is 21.7 Å². The third-order valence-electron chi connectivity index (χ3n) is 2.58. The van der Waals surface area contributed by atoms with E-state index in [9.17, 15) is 8.42 Å². The van der Waals surface area contributed by atoms with Crippen molar-refractivity contribution in [3.05, 3.63) is 28.1 Å². The zero-order valence-corrected chi connectivity index (χ0v) is 15.0. The highest BCUT2D eigenvalue weighted by Gasteiger charge is 2.22. The zero-order valence-electron chi connectivity index (χ0n) is 11.7. The third kappa shape index (κ3) is 3.79. The molecule has 5 nitrogen and oxygen atoms in total. The summed E-state index contributed by atoms with van der Waals surface area (Å²) in [6, 6.07) is 3.09. The van der Waals surface area contributed by atoms with Crippen LogP contribution in [0.2, 0.25) is 0 Å². The normalized spacial score (nSPS) is 12.3. The Morgan fingerprint density at radius 1 is 1.38 bits per heavy atom. The van der Waals surface area contributed by atoms with Crippen molar-refractivity contribution in [1.29, 1.82) is 0 Å². The summed E-state index contributed by atoms with van der Waals surface area (Å²) in [5, 5.41) is 2.21. The highest BCUT2D eigenvalue weighted by molar-refractivity contribution is 7.95. The number of hydrogen-bond acceptors (Lipinski definition) is 6. The van der Waals surface area contributed by atoms with Gasteiger partial charge in [-0.25, -0.2) is 13.4 Å². The van der Waals surface area contributed by atoms with Crippen molar-refractivity contribution in [2.45, 2.75) is 30.4 Å². The third-order valence-corrected chi connectivity index (χ3v) is 6.77. The second-order valence-electron chi connectivity index (χ2n) is 5.38. The Morgan fingerprint density at radius 3 is 2.52 bits per heavy atom. The molecular formula is C12H15N3O2S4.